The van der Waals surface area contributed by atoms with E-state index in [-0.39, 0.29) is 30.2 Å². The first kappa shape index (κ1) is 17.6. The molecular formula is C16H26ClN5O2. The molecular weight excluding hydrogens is 330 g/mol. The van der Waals surface area contributed by atoms with Gasteiger partial charge in [-0.1, -0.05) is 5.16 Å². The lowest BCUT2D eigenvalue weighted by atomic mass is 9.97. The molecule has 3 fully saturated rings. The Bertz CT molecular complexity index is 556. The number of halogens is 1. The highest BCUT2D eigenvalue weighted by Gasteiger charge is 2.33. The molecule has 1 atom stereocenters. The third-order valence-corrected chi connectivity index (χ3v) is 5.16. The summed E-state index contributed by atoms with van der Waals surface area (Å²) in [6, 6.07) is 0.493. The number of carbonyl (C=O) groups is 1. The molecule has 8 heteroatoms. The molecule has 2 N–H and O–H groups in total. The molecule has 0 aromatic carbocycles. The Labute approximate surface area is 148 Å². The fourth-order valence-electron chi connectivity index (χ4n) is 3.66. The minimum absolute atomic E-state index is 0. The summed E-state index contributed by atoms with van der Waals surface area (Å²) in [5.74, 6) is 1.33. The van der Waals surface area contributed by atoms with Gasteiger partial charge in [-0.25, -0.2) is 0 Å². The molecule has 3 heterocycles. The average Bonchev–Trinajstić information content (AvgIpc) is 3.07. The van der Waals surface area contributed by atoms with E-state index >= 15 is 0 Å². The van der Waals surface area contributed by atoms with Crippen LogP contribution in [-0.2, 0) is 0 Å². The average molecular weight is 356 g/mol. The van der Waals surface area contributed by atoms with E-state index in [1.807, 2.05) is 0 Å². The monoisotopic (exact) mass is 355 g/mol. The van der Waals surface area contributed by atoms with E-state index in [2.05, 4.69) is 25.7 Å². The predicted octanol–water partition coefficient (Wildman–Crippen LogP) is 1.52. The second kappa shape index (κ2) is 7.80. The summed E-state index contributed by atoms with van der Waals surface area (Å²) in [5.41, 5.74) is 0. The Hall–Kier alpha value is -1.18. The Morgan fingerprint density at radius 1 is 1.25 bits per heavy atom. The summed E-state index contributed by atoms with van der Waals surface area (Å²) in [6.45, 7) is 4.42. The summed E-state index contributed by atoms with van der Waals surface area (Å²) in [5, 5.41) is 10.2. The highest BCUT2D eigenvalue weighted by molar-refractivity contribution is 5.90. The largest absolute Gasteiger partial charge is 0.346 e. The molecule has 1 saturated carbocycles. The fourth-order valence-corrected chi connectivity index (χ4v) is 3.66. The molecule has 2 aliphatic heterocycles. The van der Waals surface area contributed by atoms with Crippen LogP contribution in [0.1, 0.15) is 61.1 Å². The van der Waals surface area contributed by atoms with Gasteiger partial charge in [0.15, 0.2) is 0 Å². The molecule has 0 radical (unpaired) electrons. The van der Waals surface area contributed by atoms with Crippen molar-refractivity contribution in [3.63, 3.8) is 0 Å². The van der Waals surface area contributed by atoms with Gasteiger partial charge in [0.25, 0.3) is 11.7 Å². The van der Waals surface area contributed by atoms with E-state index in [0.717, 1.165) is 57.8 Å². The van der Waals surface area contributed by atoms with Crippen molar-refractivity contribution in [3.8, 4) is 0 Å². The molecule has 0 bridgehead atoms. The van der Waals surface area contributed by atoms with Gasteiger partial charge in [-0.2, -0.15) is 4.98 Å². The lowest BCUT2D eigenvalue weighted by Gasteiger charge is -2.29. The maximum absolute atomic E-state index is 12.0. The predicted molar refractivity (Wildman–Crippen MR) is 91.2 cm³/mol. The first-order chi connectivity index (χ1) is 11.3. The van der Waals surface area contributed by atoms with Gasteiger partial charge >= 0.3 is 0 Å². The maximum atomic E-state index is 12.0. The Balaban J connectivity index is 0.00000169. The molecule has 134 valence electrons. The Morgan fingerprint density at radius 2 is 2.04 bits per heavy atom. The SMILES string of the molecule is Cl.O=C(NC1CC1)c1noc(C2CCCN2CC2CCNCC2)n1. The number of likely N-dealkylation sites (tertiary alicyclic amines) is 1. The molecule has 1 unspecified atom stereocenters. The summed E-state index contributed by atoms with van der Waals surface area (Å²) in [6.07, 6.45) is 6.79. The van der Waals surface area contributed by atoms with Crippen molar-refractivity contribution in [2.75, 3.05) is 26.2 Å². The lowest BCUT2D eigenvalue weighted by Crippen LogP contribution is -2.36. The fraction of sp³-hybridized carbons (Fsp3) is 0.812. The zero-order valence-corrected chi connectivity index (χ0v) is 14.7. The molecule has 1 amide bonds. The van der Waals surface area contributed by atoms with Crippen molar-refractivity contribution in [3.05, 3.63) is 11.7 Å². The second-order valence-electron chi connectivity index (χ2n) is 7.05. The molecule has 24 heavy (non-hydrogen) atoms. The number of nitrogens with zero attached hydrogens (tertiary/aromatic N) is 3. The minimum atomic E-state index is -0.203. The van der Waals surface area contributed by atoms with Crippen LogP contribution in [0, 0.1) is 5.92 Å². The number of amides is 1. The van der Waals surface area contributed by atoms with Crippen molar-refractivity contribution < 1.29 is 9.32 Å². The first-order valence-electron chi connectivity index (χ1n) is 8.89. The van der Waals surface area contributed by atoms with Crippen molar-refractivity contribution in [1.29, 1.82) is 0 Å². The minimum Gasteiger partial charge on any atom is -0.346 e. The van der Waals surface area contributed by atoms with Crippen LogP contribution in [0.4, 0.5) is 0 Å². The van der Waals surface area contributed by atoms with E-state index in [1.54, 1.807) is 0 Å². The third-order valence-electron chi connectivity index (χ3n) is 5.16. The smallest absolute Gasteiger partial charge is 0.292 e. The van der Waals surface area contributed by atoms with Crippen LogP contribution in [0.5, 0.6) is 0 Å². The Morgan fingerprint density at radius 3 is 2.79 bits per heavy atom. The number of piperidine rings is 1. The highest BCUT2D eigenvalue weighted by atomic mass is 35.5. The van der Waals surface area contributed by atoms with Crippen LogP contribution in [-0.4, -0.2) is 53.2 Å². The van der Waals surface area contributed by atoms with Crippen molar-refractivity contribution in [2.45, 2.75) is 50.6 Å². The first-order valence-corrected chi connectivity index (χ1v) is 8.89. The van der Waals surface area contributed by atoms with E-state index in [4.69, 9.17) is 4.52 Å². The number of carbonyl (C=O) groups excluding carboxylic acids is 1. The number of aromatic nitrogens is 2. The van der Waals surface area contributed by atoms with Crippen molar-refractivity contribution in [2.24, 2.45) is 5.92 Å². The Kier molecular flexibility index (Phi) is 5.73. The summed E-state index contributed by atoms with van der Waals surface area (Å²) in [7, 11) is 0. The van der Waals surface area contributed by atoms with Crippen LogP contribution < -0.4 is 10.6 Å². The van der Waals surface area contributed by atoms with Gasteiger partial charge in [0.1, 0.15) is 0 Å². The quantitative estimate of drug-likeness (QED) is 0.833. The molecule has 0 spiro atoms. The standard InChI is InChI=1S/C16H25N5O2.ClH/c22-15(18-12-3-4-12)14-19-16(23-20-14)13-2-1-9-21(13)10-11-5-7-17-8-6-11;/h11-13,17H,1-10H2,(H,18,22);1H. The molecule has 3 aliphatic rings. The van der Waals surface area contributed by atoms with Crippen molar-refractivity contribution >= 4 is 18.3 Å². The zero-order chi connectivity index (χ0) is 15.6. The summed E-state index contributed by atoms with van der Waals surface area (Å²) < 4.78 is 5.42. The van der Waals surface area contributed by atoms with Crippen LogP contribution in [0.15, 0.2) is 4.52 Å². The van der Waals surface area contributed by atoms with Crippen LogP contribution in [0.2, 0.25) is 0 Å². The van der Waals surface area contributed by atoms with Gasteiger partial charge in [-0.05, 0) is 64.1 Å². The van der Waals surface area contributed by atoms with Gasteiger partial charge in [0, 0.05) is 12.6 Å². The molecule has 1 aromatic rings. The van der Waals surface area contributed by atoms with Crippen LogP contribution in [0.25, 0.3) is 0 Å². The summed E-state index contributed by atoms with van der Waals surface area (Å²) in [4.78, 5) is 18.8. The van der Waals surface area contributed by atoms with Crippen LogP contribution in [0.3, 0.4) is 0 Å². The van der Waals surface area contributed by atoms with E-state index < -0.39 is 0 Å². The van der Waals surface area contributed by atoms with Gasteiger partial charge in [-0.3, -0.25) is 9.69 Å². The van der Waals surface area contributed by atoms with E-state index in [0.29, 0.717) is 11.9 Å². The van der Waals surface area contributed by atoms with Gasteiger partial charge in [-0.15, -0.1) is 12.4 Å². The van der Waals surface area contributed by atoms with Crippen LogP contribution >= 0.6 is 12.4 Å². The second-order valence-corrected chi connectivity index (χ2v) is 7.05. The number of hydrogen-bond acceptors (Lipinski definition) is 6. The topological polar surface area (TPSA) is 83.3 Å². The lowest BCUT2D eigenvalue weighted by molar-refractivity contribution is 0.0937. The zero-order valence-electron chi connectivity index (χ0n) is 13.9. The van der Waals surface area contributed by atoms with Gasteiger partial charge in [0.05, 0.1) is 6.04 Å². The summed E-state index contributed by atoms with van der Waals surface area (Å²) >= 11 is 0. The van der Waals surface area contributed by atoms with E-state index in [9.17, 15) is 4.79 Å². The maximum Gasteiger partial charge on any atom is 0.292 e. The highest BCUT2D eigenvalue weighted by Crippen LogP contribution is 2.32. The molecule has 4 rings (SSSR count). The molecule has 1 aliphatic carbocycles. The molecule has 1 aromatic heterocycles. The van der Waals surface area contributed by atoms with Crippen molar-refractivity contribution in [1.82, 2.24) is 25.7 Å². The van der Waals surface area contributed by atoms with Gasteiger partial charge < -0.3 is 15.2 Å². The molecule has 2 saturated heterocycles. The van der Waals surface area contributed by atoms with Gasteiger partial charge in [0.2, 0.25) is 5.89 Å². The normalized spacial score (nSPS) is 25.4. The molecule has 7 nitrogen and oxygen atoms in total. The number of hydrogen-bond donors (Lipinski definition) is 2. The number of nitrogens with one attached hydrogen (secondary N) is 2. The number of rotatable bonds is 5. The van der Waals surface area contributed by atoms with E-state index in [1.165, 1.54) is 12.8 Å². The third kappa shape index (κ3) is 4.07.